The second-order valence-corrected chi connectivity index (χ2v) is 2.57. The molecule has 0 saturated heterocycles. The summed E-state index contributed by atoms with van der Waals surface area (Å²) < 4.78 is 0. The fourth-order valence-corrected chi connectivity index (χ4v) is 1.28. The van der Waals surface area contributed by atoms with Crippen LogP contribution in [0.3, 0.4) is 0 Å². The van der Waals surface area contributed by atoms with Crippen LogP contribution < -0.4 is 0 Å². The Balaban J connectivity index is 3.13. The van der Waals surface area contributed by atoms with Gasteiger partial charge in [-0.25, -0.2) is 4.79 Å². The van der Waals surface area contributed by atoms with Crippen LogP contribution >= 0.6 is 11.3 Å². The number of aldehydes is 1. The second kappa shape index (κ2) is 2.62. The van der Waals surface area contributed by atoms with E-state index in [9.17, 15) is 9.59 Å². The maximum atomic E-state index is 10.3. The smallest absolute Gasteiger partial charge is 0.337 e. The minimum atomic E-state index is -1.05. The summed E-state index contributed by atoms with van der Waals surface area (Å²) in [7, 11) is 0. The monoisotopic (exact) mass is 156 g/mol. The molecule has 4 heteroatoms. The molecule has 0 amide bonds. The van der Waals surface area contributed by atoms with E-state index < -0.39 is 5.97 Å². The third kappa shape index (κ3) is 1.06. The van der Waals surface area contributed by atoms with Gasteiger partial charge in [0.1, 0.15) is 0 Å². The Labute approximate surface area is 60.9 Å². The van der Waals surface area contributed by atoms with Crippen LogP contribution in [0.4, 0.5) is 0 Å². The van der Waals surface area contributed by atoms with Gasteiger partial charge in [0, 0.05) is 0 Å². The van der Waals surface area contributed by atoms with Gasteiger partial charge >= 0.3 is 5.97 Å². The van der Waals surface area contributed by atoms with Crippen molar-refractivity contribution in [2.75, 3.05) is 0 Å². The van der Waals surface area contributed by atoms with Crippen molar-refractivity contribution < 1.29 is 14.7 Å². The van der Waals surface area contributed by atoms with Gasteiger partial charge < -0.3 is 5.11 Å². The Hall–Kier alpha value is -1.16. The summed E-state index contributed by atoms with van der Waals surface area (Å²) in [6.45, 7) is 0. The van der Waals surface area contributed by atoms with Gasteiger partial charge in [-0.05, 0) is 11.4 Å². The van der Waals surface area contributed by atoms with E-state index in [0.717, 1.165) is 11.3 Å². The lowest BCUT2D eigenvalue weighted by molar-refractivity contribution is 0.0695. The lowest BCUT2D eigenvalue weighted by atomic mass is 10.3. The molecule has 0 aliphatic carbocycles. The SMILES string of the molecule is O=Cc1sccc1C(=O)O. The van der Waals surface area contributed by atoms with Crippen LogP contribution in [0.1, 0.15) is 20.0 Å². The third-order valence-electron chi connectivity index (χ3n) is 1.03. The molecule has 1 rings (SSSR count). The number of carbonyl (C=O) groups excluding carboxylic acids is 1. The molecule has 1 aromatic rings. The highest BCUT2D eigenvalue weighted by molar-refractivity contribution is 7.12. The summed E-state index contributed by atoms with van der Waals surface area (Å²) in [6.07, 6.45) is 0.550. The Morgan fingerprint density at radius 3 is 2.80 bits per heavy atom. The van der Waals surface area contributed by atoms with Gasteiger partial charge in [0.25, 0.3) is 0 Å². The average molecular weight is 156 g/mol. The van der Waals surface area contributed by atoms with Crippen molar-refractivity contribution in [3.8, 4) is 0 Å². The summed E-state index contributed by atoms with van der Waals surface area (Å²) in [4.78, 5) is 20.7. The minimum absolute atomic E-state index is 0.0833. The van der Waals surface area contributed by atoms with E-state index in [0.29, 0.717) is 6.29 Å². The molecule has 0 radical (unpaired) electrons. The zero-order chi connectivity index (χ0) is 7.56. The van der Waals surface area contributed by atoms with Crippen LogP contribution in [0.25, 0.3) is 0 Å². The van der Waals surface area contributed by atoms with Crippen molar-refractivity contribution in [2.24, 2.45) is 0 Å². The normalized spacial score (nSPS) is 9.20. The number of carboxylic acids is 1. The Bertz CT molecular complexity index is 264. The Kier molecular flexibility index (Phi) is 1.82. The van der Waals surface area contributed by atoms with Crippen molar-refractivity contribution in [1.29, 1.82) is 0 Å². The highest BCUT2D eigenvalue weighted by Gasteiger charge is 2.08. The maximum absolute atomic E-state index is 10.3. The summed E-state index contributed by atoms with van der Waals surface area (Å²) >= 11 is 1.13. The van der Waals surface area contributed by atoms with Gasteiger partial charge in [-0.1, -0.05) is 0 Å². The van der Waals surface area contributed by atoms with Crippen LogP contribution in [0.15, 0.2) is 11.4 Å². The summed E-state index contributed by atoms with van der Waals surface area (Å²) in [6, 6.07) is 1.41. The first-order chi connectivity index (χ1) is 4.75. The second-order valence-electron chi connectivity index (χ2n) is 1.62. The standard InChI is InChI=1S/C6H4O3S/c7-3-5-4(6(8)9)1-2-10-5/h1-3H,(H,8,9). The molecule has 0 saturated carbocycles. The topological polar surface area (TPSA) is 54.4 Å². The van der Waals surface area contributed by atoms with E-state index in [1.807, 2.05) is 0 Å². The molecule has 0 atom stereocenters. The van der Waals surface area contributed by atoms with Crippen LogP contribution in [-0.2, 0) is 0 Å². The number of hydrogen-bond acceptors (Lipinski definition) is 3. The molecule has 1 heterocycles. The predicted octanol–water partition coefficient (Wildman–Crippen LogP) is 1.26. The third-order valence-corrected chi connectivity index (χ3v) is 1.87. The van der Waals surface area contributed by atoms with Crippen LogP contribution in [0, 0.1) is 0 Å². The van der Waals surface area contributed by atoms with Crippen molar-refractivity contribution in [3.05, 3.63) is 21.9 Å². The predicted molar refractivity (Wildman–Crippen MR) is 36.7 cm³/mol. The van der Waals surface area contributed by atoms with Crippen molar-refractivity contribution >= 4 is 23.6 Å². The summed E-state index contributed by atoms with van der Waals surface area (Å²) in [5, 5.41) is 10.0. The molecule has 52 valence electrons. The highest BCUT2D eigenvalue weighted by atomic mass is 32.1. The Morgan fingerprint density at radius 1 is 1.70 bits per heavy atom. The summed E-state index contributed by atoms with van der Waals surface area (Å²) in [5.74, 6) is -1.05. The number of carboxylic acid groups (broad SMARTS) is 1. The zero-order valence-corrected chi connectivity index (χ0v) is 5.72. The fourth-order valence-electron chi connectivity index (χ4n) is 0.589. The van der Waals surface area contributed by atoms with Gasteiger partial charge in [-0.2, -0.15) is 0 Å². The number of thiophene rings is 1. The average Bonchev–Trinajstić information content (AvgIpc) is 2.33. The molecule has 0 bridgehead atoms. The highest BCUT2D eigenvalue weighted by Crippen LogP contribution is 2.13. The van der Waals surface area contributed by atoms with Crippen LogP contribution in [-0.4, -0.2) is 17.4 Å². The van der Waals surface area contributed by atoms with Crippen LogP contribution in [0.5, 0.6) is 0 Å². The van der Waals surface area contributed by atoms with Gasteiger partial charge in [-0.15, -0.1) is 11.3 Å². The molecule has 3 nitrogen and oxygen atoms in total. The first-order valence-corrected chi connectivity index (χ1v) is 3.39. The van der Waals surface area contributed by atoms with Gasteiger partial charge in [0.05, 0.1) is 10.4 Å². The number of hydrogen-bond donors (Lipinski definition) is 1. The molecule has 10 heavy (non-hydrogen) atoms. The van der Waals surface area contributed by atoms with Gasteiger partial charge in [0.15, 0.2) is 6.29 Å². The molecule has 0 aromatic carbocycles. The Morgan fingerprint density at radius 2 is 2.40 bits per heavy atom. The number of carbonyl (C=O) groups is 2. The molecular formula is C6H4O3S. The number of aromatic carboxylic acids is 1. The van der Waals surface area contributed by atoms with Crippen LogP contribution in [0.2, 0.25) is 0 Å². The fraction of sp³-hybridized carbons (Fsp3) is 0. The first kappa shape index (κ1) is 6.95. The van der Waals surface area contributed by atoms with Crippen molar-refractivity contribution in [2.45, 2.75) is 0 Å². The molecule has 0 aliphatic rings. The number of rotatable bonds is 2. The molecule has 0 fully saturated rings. The van der Waals surface area contributed by atoms with Gasteiger partial charge in [0.2, 0.25) is 0 Å². The quantitative estimate of drug-likeness (QED) is 0.656. The van der Waals surface area contributed by atoms with E-state index >= 15 is 0 Å². The van der Waals surface area contributed by atoms with Crippen molar-refractivity contribution in [3.63, 3.8) is 0 Å². The zero-order valence-electron chi connectivity index (χ0n) is 4.90. The van der Waals surface area contributed by atoms with E-state index in [2.05, 4.69) is 0 Å². The molecule has 0 unspecified atom stereocenters. The maximum Gasteiger partial charge on any atom is 0.337 e. The van der Waals surface area contributed by atoms with E-state index in [-0.39, 0.29) is 10.4 Å². The summed E-state index contributed by atoms with van der Waals surface area (Å²) in [5.41, 5.74) is 0.0833. The molecule has 1 aromatic heterocycles. The molecule has 0 spiro atoms. The lowest BCUT2D eigenvalue weighted by Gasteiger charge is -1.85. The molecule has 0 aliphatic heterocycles. The van der Waals surface area contributed by atoms with E-state index in [4.69, 9.17) is 5.11 Å². The largest absolute Gasteiger partial charge is 0.478 e. The van der Waals surface area contributed by atoms with Crippen molar-refractivity contribution in [1.82, 2.24) is 0 Å². The molecular weight excluding hydrogens is 152 g/mol. The van der Waals surface area contributed by atoms with E-state index in [1.165, 1.54) is 6.07 Å². The first-order valence-electron chi connectivity index (χ1n) is 2.51. The minimum Gasteiger partial charge on any atom is -0.478 e. The van der Waals surface area contributed by atoms with Gasteiger partial charge in [-0.3, -0.25) is 4.79 Å². The van der Waals surface area contributed by atoms with E-state index in [1.54, 1.807) is 5.38 Å². The lowest BCUT2D eigenvalue weighted by Crippen LogP contribution is -1.96. The molecule has 1 N–H and O–H groups in total.